The Kier molecular flexibility index (Phi) is 5.05. The van der Waals surface area contributed by atoms with Crippen molar-refractivity contribution in [2.45, 2.75) is 13.8 Å². The fourth-order valence-electron chi connectivity index (χ4n) is 2.06. The number of hydrogen-bond donors (Lipinski definition) is 1. The molecule has 1 aromatic carbocycles. The largest absolute Gasteiger partial charge is 0.476 e. The summed E-state index contributed by atoms with van der Waals surface area (Å²) < 4.78 is 5.69. The summed E-state index contributed by atoms with van der Waals surface area (Å²) in [7, 11) is 0. The lowest BCUT2D eigenvalue weighted by molar-refractivity contribution is 0.0682. The van der Waals surface area contributed by atoms with Gasteiger partial charge < -0.3 is 14.7 Å². The first kappa shape index (κ1) is 15.2. The number of rotatable bonds is 7. The number of aromatic nitrogens is 2. The minimum Gasteiger partial charge on any atom is -0.476 e. The van der Waals surface area contributed by atoms with E-state index in [2.05, 4.69) is 28.7 Å². The molecule has 0 unspecified atom stereocenters. The molecule has 1 heterocycles. The van der Waals surface area contributed by atoms with Gasteiger partial charge in [0, 0.05) is 6.54 Å². The highest BCUT2D eigenvalue weighted by Gasteiger charge is 2.13. The molecule has 112 valence electrons. The van der Waals surface area contributed by atoms with Gasteiger partial charge in [-0.2, -0.15) is 4.98 Å². The lowest BCUT2D eigenvalue weighted by atomic mass is 10.2. The summed E-state index contributed by atoms with van der Waals surface area (Å²) in [6.45, 7) is 7.31. The molecule has 0 saturated carbocycles. The van der Waals surface area contributed by atoms with Gasteiger partial charge in [-0.1, -0.05) is 26.0 Å². The lowest BCUT2D eigenvalue weighted by Crippen LogP contribution is -2.28. The molecule has 0 aliphatic rings. The Morgan fingerprint density at radius 2 is 1.95 bits per heavy atom. The van der Waals surface area contributed by atoms with Crippen LogP contribution in [0.2, 0.25) is 0 Å². The van der Waals surface area contributed by atoms with Crippen LogP contribution in [0.5, 0.6) is 5.88 Å². The van der Waals surface area contributed by atoms with Crippen LogP contribution in [0.1, 0.15) is 24.5 Å². The third-order valence-electron chi connectivity index (χ3n) is 3.30. The van der Waals surface area contributed by atoms with Crippen molar-refractivity contribution in [3.05, 3.63) is 30.1 Å². The number of carboxylic acids is 1. The predicted octanol–water partition coefficient (Wildman–Crippen LogP) is 2.05. The van der Waals surface area contributed by atoms with Crippen molar-refractivity contribution in [1.82, 2.24) is 14.9 Å². The summed E-state index contributed by atoms with van der Waals surface area (Å²) >= 11 is 0. The highest BCUT2D eigenvalue weighted by molar-refractivity contribution is 5.89. The summed E-state index contributed by atoms with van der Waals surface area (Å²) in [6.07, 6.45) is 0. The number of nitrogens with zero attached hydrogens (tertiary/aromatic N) is 3. The van der Waals surface area contributed by atoms with Gasteiger partial charge in [0.25, 0.3) is 0 Å². The van der Waals surface area contributed by atoms with Gasteiger partial charge in [-0.3, -0.25) is 0 Å². The molecular formula is C15H19N3O3. The molecule has 0 bridgehead atoms. The molecule has 0 atom stereocenters. The van der Waals surface area contributed by atoms with Crippen LogP contribution in [0.4, 0.5) is 0 Å². The summed E-state index contributed by atoms with van der Waals surface area (Å²) in [4.78, 5) is 21.3. The summed E-state index contributed by atoms with van der Waals surface area (Å²) in [6, 6.07) is 7.23. The number of ether oxygens (including phenoxy) is 1. The first-order chi connectivity index (χ1) is 10.2. The minimum atomic E-state index is -1.16. The summed E-state index contributed by atoms with van der Waals surface area (Å²) in [5.74, 6) is -1.08. The molecule has 0 radical (unpaired) electrons. The van der Waals surface area contributed by atoms with E-state index in [0.717, 1.165) is 25.0 Å². The van der Waals surface area contributed by atoms with E-state index in [1.54, 1.807) is 12.1 Å². The van der Waals surface area contributed by atoms with Gasteiger partial charge in [-0.25, -0.2) is 9.78 Å². The van der Waals surface area contributed by atoms with Gasteiger partial charge in [0.15, 0.2) is 0 Å². The molecule has 6 nitrogen and oxygen atoms in total. The van der Waals surface area contributed by atoms with Crippen molar-refractivity contribution in [2.75, 3.05) is 26.2 Å². The third-order valence-corrected chi connectivity index (χ3v) is 3.30. The molecule has 0 aliphatic heterocycles. The molecular weight excluding hydrogens is 270 g/mol. The highest BCUT2D eigenvalue weighted by Crippen LogP contribution is 2.22. The Hall–Kier alpha value is -2.21. The van der Waals surface area contributed by atoms with Gasteiger partial charge in [0.2, 0.25) is 11.7 Å². The highest BCUT2D eigenvalue weighted by atomic mass is 16.5. The van der Waals surface area contributed by atoms with Crippen LogP contribution in [0, 0.1) is 0 Å². The predicted molar refractivity (Wildman–Crippen MR) is 79.8 cm³/mol. The Morgan fingerprint density at radius 1 is 1.24 bits per heavy atom. The Morgan fingerprint density at radius 3 is 2.62 bits per heavy atom. The second-order valence-corrected chi connectivity index (χ2v) is 4.55. The van der Waals surface area contributed by atoms with Crippen LogP contribution < -0.4 is 4.74 Å². The first-order valence-electron chi connectivity index (χ1n) is 7.01. The number of benzene rings is 1. The molecule has 0 fully saturated rings. The Balaban J connectivity index is 2.23. The van der Waals surface area contributed by atoms with Gasteiger partial charge >= 0.3 is 5.97 Å². The van der Waals surface area contributed by atoms with Crippen molar-refractivity contribution >= 4 is 16.9 Å². The second kappa shape index (κ2) is 6.99. The molecule has 2 aromatic rings. The van der Waals surface area contributed by atoms with Crippen LogP contribution in [0.3, 0.4) is 0 Å². The van der Waals surface area contributed by atoms with Gasteiger partial charge in [0.05, 0.1) is 10.9 Å². The van der Waals surface area contributed by atoms with E-state index in [9.17, 15) is 4.79 Å². The molecule has 21 heavy (non-hydrogen) atoms. The van der Waals surface area contributed by atoms with Crippen molar-refractivity contribution in [3.8, 4) is 5.88 Å². The van der Waals surface area contributed by atoms with Crippen LogP contribution in [-0.4, -0.2) is 52.2 Å². The topological polar surface area (TPSA) is 75.5 Å². The quantitative estimate of drug-likeness (QED) is 0.840. The number of carbonyl (C=O) groups is 1. The third kappa shape index (κ3) is 3.66. The van der Waals surface area contributed by atoms with Gasteiger partial charge in [-0.15, -0.1) is 0 Å². The number of hydrogen-bond acceptors (Lipinski definition) is 5. The van der Waals surface area contributed by atoms with Crippen LogP contribution >= 0.6 is 0 Å². The molecule has 0 amide bonds. The van der Waals surface area contributed by atoms with E-state index in [0.29, 0.717) is 18.0 Å². The van der Waals surface area contributed by atoms with Crippen molar-refractivity contribution in [2.24, 2.45) is 0 Å². The van der Waals surface area contributed by atoms with Crippen molar-refractivity contribution < 1.29 is 14.6 Å². The van der Waals surface area contributed by atoms with Crippen LogP contribution in [-0.2, 0) is 0 Å². The smallest absolute Gasteiger partial charge is 0.374 e. The van der Waals surface area contributed by atoms with E-state index in [1.165, 1.54) is 0 Å². The van der Waals surface area contributed by atoms with E-state index >= 15 is 0 Å². The van der Waals surface area contributed by atoms with Crippen molar-refractivity contribution in [3.63, 3.8) is 0 Å². The van der Waals surface area contributed by atoms with Crippen LogP contribution in [0.15, 0.2) is 24.3 Å². The molecule has 6 heteroatoms. The number of aromatic carboxylic acids is 1. The molecule has 0 aliphatic carbocycles. The molecule has 0 saturated heterocycles. The van der Waals surface area contributed by atoms with E-state index < -0.39 is 5.97 Å². The van der Waals surface area contributed by atoms with Crippen molar-refractivity contribution in [1.29, 1.82) is 0 Å². The molecule has 1 N–H and O–H groups in total. The van der Waals surface area contributed by atoms with Gasteiger partial charge in [0.1, 0.15) is 6.61 Å². The minimum absolute atomic E-state index is 0.244. The lowest BCUT2D eigenvalue weighted by Gasteiger charge is -2.18. The normalized spacial score (nSPS) is 11.0. The average Bonchev–Trinajstić information content (AvgIpc) is 2.51. The average molecular weight is 289 g/mol. The summed E-state index contributed by atoms with van der Waals surface area (Å²) in [5.41, 5.74) is 0.572. The molecule has 1 aromatic heterocycles. The maximum atomic E-state index is 11.1. The second-order valence-electron chi connectivity index (χ2n) is 4.55. The zero-order valence-electron chi connectivity index (χ0n) is 12.2. The maximum Gasteiger partial charge on any atom is 0.374 e. The first-order valence-corrected chi connectivity index (χ1v) is 7.01. The number of fused-ring (bicyclic) bond motifs is 1. The van der Waals surface area contributed by atoms with E-state index in [4.69, 9.17) is 9.84 Å². The zero-order valence-corrected chi connectivity index (χ0v) is 12.2. The van der Waals surface area contributed by atoms with Crippen LogP contribution in [0.25, 0.3) is 10.9 Å². The van der Waals surface area contributed by atoms with E-state index in [-0.39, 0.29) is 5.82 Å². The number of likely N-dealkylation sites (N-methyl/N-ethyl adjacent to an activating group) is 1. The maximum absolute atomic E-state index is 11.1. The molecule has 0 spiro atoms. The fraction of sp³-hybridized carbons (Fsp3) is 0.400. The zero-order chi connectivity index (χ0) is 15.2. The fourth-order valence-corrected chi connectivity index (χ4v) is 2.06. The van der Waals surface area contributed by atoms with Gasteiger partial charge in [-0.05, 0) is 25.2 Å². The number of para-hydroxylation sites is 1. The number of carboxylic acid groups (broad SMARTS) is 1. The summed E-state index contributed by atoms with van der Waals surface area (Å²) in [5, 5.41) is 9.79. The standard InChI is InChI=1S/C15H19N3O3/c1-3-18(4-2)9-10-21-14-11-7-5-6-8-12(11)16-13(17-14)15(19)20/h5-8H,3-4,9-10H2,1-2H3,(H,19,20). The monoisotopic (exact) mass is 289 g/mol. The van der Waals surface area contributed by atoms with E-state index in [1.807, 2.05) is 12.1 Å². The Labute approximate surface area is 123 Å². The SMILES string of the molecule is CCN(CC)CCOc1nc(C(=O)O)nc2ccccc12. The Bertz CT molecular complexity index is 627. The molecule has 2 rings (SSSR count).